The van der Waals surface area contributed by atoms with Gasteiger partial charge in [-0.25, -0.2) is 9.97 Å². The zero-order valence-electron chi connectivity index (χ0n) is 11.2. The number of nitrogens with two attached hydrogens (primary N) is 1. The number of hydrogen-bond donors (Lipinski definition) is 2. The number of hydrogen-bond acceptors (Lipinski definition) is 4. The Morgan fingerprint density at radius 1 is 1.39 bits per heavy atom. The van der Waals surface area contributed by atoms with Crippen molar-refractivity contribution in [3.05, 3.63) is 16.5 Å². The Kier molecular flexibility index (Phi) is 4.51. The van der Waals surface area contributed by atoms with Gasteiger partial charge in [0.05, 0.1) is 0 Å². The summed E-state index contributed by atoms with van der Waals surface area (Å²) < 4.78 is 0. The third-order valence-electron chi connectivity index (χ3n) is 2.42. The van der Waals surface area contributed by atoms with Crippen LogP contribution in [0.15, 0.2) is 0 Å². The van der Waals surface area contributed by atoms with E-state index in [-0.39, 0.29) is 17.7 Å². The summed E-state index contributed by atoms with van der Waals surface area (Å²) in [5.41, 5.74) is 5.68. The van der Waals surface area contributed by atoms with Crippen LogP contribution in [0.5, 0.6) is 0 Å². The summed E-state index contributed by atoms with van der Waals surface area (Å²) in [6.07, 6.45) is 0.256. The Morgan fingerprint density at radius 3 is 2.50 bits per heavy atom. The fraction of sp³-hybridized carbons (Fsp3) is 0.583. The largest absolute Gasteiger partial charge is 0.370 e. The average molecular weight is 271 g/mol. The molecular weight excluding hydrogens is 252 g/mol. The van der Waals surface area contributed by atoms with Crippen LogP contribution < -0.4 is 11.1 Å². The molecule has 0 saturated carbocycles. The molecule has 1 amide bonds. The van der Waals surface area contributed by atoms with Crippen LogP contribution in [-0.2, 0) is 10.2 Å². The highest BCUT2D eigenvalue weighted by Crippen LogP contribution is 2.25. The number of halogens is 1. The zero-order valence-corrected chi connectivity index (χ0v) is 11.9. The maximum atomic E-state index is 10.7. The van der Waals surface area contributed by atoms with Crippen molar-refractivity contribution in [2.24, 2.45) is 5.73 Å². The molecule has 0 atom stereocenters. The summed E-state index contributed by atoms with van der Waals surface area (Å²) in [6, 6.07) is 0. The first-order valence-corrected chi connectivity index (χ1v) is 6.16. The number of aromatic nitrogens is 2. The number of anilines is 1. The molecule has 6 heteroatoms. The van der Waals surface area contributed by atoms with Crippen molar-refractivity contribution in [3.8, 4) is 0 Å². The Labute approximate surface area is 112 Å². The van der Waals surface area contributed by atoms with E-state index in [1.54, 1.807) is 0 Å². The predicted molar refractivity (Wildman–Crippen MR) is 72.8 cm³/mol. The first-order chi connectivity index (χ1) is 8.21. The molecule has 1 heterocycles. The summed E-state index contributed by atoms with van der Waals surface area (Å²) >= 11 is 6.08. The molecule has 1 aromatic rings. The van der Waals surface area contributed by atoms with E-state index in [2.05, 4.69) is 15.3 Å². The first kappa shape index (κ1) is 14.7. The van der Waals surface area contributed by atoms with Crippen molar-refractivity contribution in [2.75, 3.05) is 11.9 Å². The molecule has 3 N–H and O–H groups in total. The van der Waals surface area contributed by atoms with Gasteiger partial charge >= 0.3 is 0 Å². The molecule has 0 aliphatic heterocycles. The summed E-state index contributed by atoms with van der Waals surface area (Å²) in [4.78, 5) is 19.4. The molecule has 0 aliphatic carbocycles. The second-order valence-corrected chi connectivity index (χ2v) is 5.56. The van der Waals surface area contributed by atoms with Crippen molar-refractivity contribution in [2.45, 2.75) is 39.5 Å². The quantitative estimate of drug-likeness (QED) is 0.820. The standard InChI is InChI=1S/C12H19ClN4O/c1-7-9(13)16-11(12(2,3)4)17-10(7)15-6-5-8(14)18/h5-6H2,1-4H3,(H2,14,18)(H,15,16,17). The molecule has 0 saturated heterocycles. The fourth-order valence-corrected chi connectivity index (χ4v) is 1.47. The fourth-order valence-electron chi connectivity index (χ4n) is 1.30. The van der Waals surface area contributed by atoms with Crippen LogP contribution >= 0.6 is 11.6 Å². The predicted octanol–water partition coefficient (Wildman–Crippen LogP) is 2.02. The van der Waals surface area contributed by atoms with Gasteiger partial charge in [-0.1, -0.05) is 32.4 Å². The molecule has 0 aliphatic rings. The minimum absolute atomic E-state index is 0.183. The highest BCUT2D eigenvalue weighted by molar-refractivity contribution is 6.30. The van der Waals surface area contributed by atoms with Crippen LogP contribution in [0, 0.1) is 6.92 Å². The number of nitrogens with one attached hydrogen (secondary N) is 1. The van der Waals surface area contributed by atoms with Gasteiger partial charge in [0.2, 0.25) is 5.91 Å². The Bertz CT molecular complexity index is 454. The van der Waals surface area contributed by atoms with Crippen LogP contribution in [0.25, 0.3) is 0 Å². The van der Waals surface area contributed by atoms with E-state index >= 15 is 0 Å². The zero-order chi connectivity index (χ0) is 13.9. The van der Waals surface area contributed by atoms with Crippen LogP contribution in [0.1, 0.15) is 38.6 Å². The lowest BCUT2D eigenvalue weighted by Crippen LogP contribution is -2.20. The lowest BCUT2D eigenvalue weighted by Gasteiger charge is -2.19. The first-order valence-electron chi connectivity index (χ1n) is 5.78. The van der Waals surface area contributed by atoms with Crippen LogP contribution in [0.4, 0.5) is 5.82 Å². The third kappa shape index (κ3) is 3.84. The molecule has 0 fully saturated rings. The molecule has 0 unspecified atom stereocenters. The van der Waals surface area contributed by atoms with Crippen molar-refractivity contribution >= 4 is 23.3 Å². The number of nitrogens with zero attached hydrogens (tertiary/aromatic N) is 2. The van der Waals surface area contributed by atoms with Gasteiger partial charge < -0.3 is 11.1 Å². The van der Waals surface area contributed by atoms with E-state index in [1.165, 1.54) is 0 Å². The number of primary amides is 1. The number of rotatable bonds is 4. The molecule has 0 spiro atoms. The number of amides is 1. The molecule has 1 aromatic heterocycles. The maximum absolute atomic E-state index is 10.7. The minimum atomic E-state index is -0.351. The van der Waals surface area contributed by atoms with Crippen molar-refractivity contribution in [1.82, 2.24) is 9.97 Å². The van der Waals surface area contributed by atoms with Gasteiger partial charge in [0, 0.05) is 23.9 Å². The van der Waals surface area contributed by atoms with Gasteiger partial charge in [0.1, 0.15) is 16.8 Å². The molecule has 5 nitrogen and oxygen atoms in total. The van der Waals surface area contributed by atoms with E-state index in [9.17, 15) is 4.79 Å². The second kappa shape index (κ2) is 5.52. The van der Waals surface area contributed by atoms with Gasteiger partial charge in [-0.3, -0.25) is 4.79 Å². The highest BCUT2D eigenvalue weighted by atomic mass is 35.5. The molecule has 100 valence electrons. The average Bonchev–Trinajstić information content (AvgIpc) is 2.22. The summed E-state index contributed by atoms with van der Waals surface area (Å²) in [7, 11) is 0. The van der Waals surface area contributed by atoms with Gasteiger partial charge in [0.25, 0.3) is 0 Å². The molecular formula is C12H19ClN4O. The molecule has 0 aromatic carbocycles. The Hall–Kier alpha value is -1.36. The maximum Gasteiger partial charge on any atom is 0.219 e. The molecule has 0 bridgehead atoms. The smallest absolute Gasteiger partial charge is 0.219 e. The Balaban J connectivity index is 2.96. The lowest BCUT2D eigenvalue weighted by molar-refractivity contribution is -0.117. The summed E-state index contributed by atoms with van der Waals surface area (Å²) in [6.45, 7) is 8.32. The van der Waals surface area contributed by atoms with Crippen molar-refractivity contribution in [1.29, 1.82) is 0 Å². The minimum Gasteiger partial charge on any atom is -0.370 e. The topological polar surface area (TPSA) is 80.9 Å². The summed E-state index contributed by atoms with van der Waals surface area (Å²) in [5.74, 6) is 0.970. The van der Waals surface area contributed by atoms with E-state index in [1.807, 2.05) is 27.7 Å². The molecule has 0 radical (unpaired) electrons. The number of carbonyl (C=O) groups excluding carboxylic acids is 1. The van der Waals surface area contributed by atoms with Crippen LogP contribution in [-0.4, -0.2) is 22.4 Å². The second-order valence-electron chi connectivity index (χ2n) is 5.20. The van der Waals surface area contributed by atoms with Crippen molar-refractivity contribution in [3.63, 3.8) is 0 Å². The SMILES string of the molecule is Cc1c(Cl)nc(C(C)(C)C)nc1NCCC(N)=O. The third-order valence-corrected chi connectivity index (χ3v) is 2.79. The normalized spacial score (nSPS) is 11.4. The molecule has 18 heavy (non-hydrogen) atoms. The lowest BCUT2D eigenvalue weighted by atomic mass is 9.95. The monoisotopic (exact) mass is 270 g/mol. The molecule has 1 rings (SSSR count). The van der Waals surface area contributed by atoms with Gasteiger partial charge in [-0.2, -0.15) is 0 Å². The van der Waals surface area contributed by atoms with Crippen LogP contribution in [0.3, 0.4) is 0 Å². The van der Waals surface area contributed by atoms with Crippen LogP contribution in [0.2, 0.25) is 5.15 Å². The van der Waals surface area contributed by atoms with Gasteiger partial charge in [-0.05, 0) is 6.92 Å². The highest BCUT2D eigenvalue weighted by Gasteiger charge is 2.20. The van der Waals surface area contributed by atoms with E-state index in [0.29, 0.717) is 23.3 Å². The number of carbonyl (C=O) groups is 1. The summed E-state index contributed by atoms with van der Waals surface area (Å²) in [5, 5.41) is 3.49. The Morgan fingerprint density at radius 2 is 2.00 bits per heavy atom. The van der Waals surface area contributed by atoms with E-state index in [4.69, 9.17) is 17.3 Å². The van der Waals surface area contributed by atoms with Gasteiger partial charge in [0.15, 0.2) is 0 Å². The van der Waals surface area contributed by atoms with Gasteiger partial charge in [-0.15, -0.1) is 0 Å². The van der Waals surface area contributed by atoms with E-state index < -0.39 is 0 Å². The van der Waals surface area contributed by atoms with E-state index in [0.717, 1.165) is 5.56 Å². The van der Waals surface area contributed by atoms with Crippen molar-refractivity contribution < 1.29 is 4.79 Å².